The Hall–Kier alpha value is -3.07. The van der Waals surface area contributed by atoms with E-state index in [4.69, 9.17) is 32.7 Å². The van der Waals surface area contributed by atoms with Crippen LogP contribution in [-0.4, -0.2) is 80.3 Å². The second-order valence-corrected chi connectivity index (χ2v) is 17.5. The Morgan fingerprint density at radius 2 is 0.984 bits per heavy atom. The number of likely N-dealkylation sites (tertiary alicyclic amines) is 1. The van der Waals surface area contributed by atoms with E-state index in [1.54, 1.807) is 6.07 Å². The van der Waals surface area contributed by atoms with Crippen LogP contribution in [0, 0.1) is 0 Å². The largest absolute Gasteiger partial charge is 0.492 e. The van der Waals surface area contributed by atoms with Crippen LogP contribution >= 0.6 is 51.5 Å². The number of hydrogen-bond acceptors (Lipinski definition) is 6. The Kier molecular flexibility index (Phi) is 18.3. The van der Waals surface area contributed by atoms with Crippen LogP contribution in [0.15, 0.2) is 97.1 Å². The number of ether oxygens (including phenoxy) is 2. The Labute approximate surface area is 385 Å². The lowest BCUT2D eigenvalue weighted by molar-refractivity contribution is -0.139. The number of hydrogen-bond donors (Lipinski definition) is 1. The Balaban J connectivity index is 0.000000192. The zero-order chi connectivity index (χ0) is 43.5. The minimum Gasteiger partial charge on any atom is -0.492 e. The highest BCUT2D eigenvalue weighted by molar-refractivity contribution is 9.09. The number of piperidine rings is 2. The molecule has 6 nitrogen and oxygen atoms in total. The lowest BCUT2D eigenvalue weighted by atomic mass is 9.84. The zero-order valence-corrected chi connectivity index (χ0v) is 38.3. The lowest BCUT2D eigenvalue weighted by Crippen LogP contribution is -2.52. The van der Waals surface area contributed by atoms with E-state index in [1.165, 1.54) is 86.8 Å². The van der Waals surface area contributed by atoms with E-state index in [0.29, 0.717) is 17.4 Å². The first-order valence-corrected chi connectivity index (χ1v) is 22.7. The van der Waals surface area contributed by atoms with Crippen molar-refractivity contribution in [2.75, 3.05) is 74.2 Å². The summed E-state index contributed by atoms with van der Waals surface area (Å²) < 4.78 is 86.9. The number of nitrogens with zero attached hydrogens (tertiary/aromatic N) is 3. The summed E-state index contributed by atoms with van der Waals surface area (Å²) in [5, 5.41) is 5.54. The fourth-order valence-electron chi connectivity index (χ4n) is 9.14. The Morgan fingerprint density at radius 1 is 0.565 bits per heavy atom. The van der Waals surface area contributed by atoms with E-state index in [-0.39, 0.29) is 42.7 Å². The Morgan fingerprint density at radius 3 is 1.42 bits per heavy atom. The lowest BCUT2D eigenvalue weighted by Gasteiger charge is -2.46. The van der Waals surface area contributed by atoms with Crippen molar-refractivity contribution in [3.05, 3.63) is 118 Å². The molecule has 0 amide bonds. The summed E-state index contributed by atoms with van der Waals surface area (Å²) in [6.45, 7) is 7.51. The molecule has 0 bridgehead atoms. The standard InChI is InChI=1S/C23H26ClF3N2O.C14H19ClN2.C9H8BrF3O.ClH/c24-18-6-8-19(9-7-18)29-13-3-10-22(29)11-14-28(15-12-22)16-17-30-21-5-2-1-4-20(21)23(25,26)27;15-12-2-4-13(5-3-12)17-11-1-6-14(17)7-9-16-10-8-14;10-5-6-14-8-4-2-1-3-7(8)9(11,12)13;/h1-2,4-9H,3,10-17H2;2-5,16H,1,6-11H2;1-4H,5-6H2;1H. The molecule has 4 aliphatic rings. The molecule has 340 valence electrons. The molecule has 16 heteroatoms. The maximum Gasteiger partial charge on any atom is 0.419 e. The third kappa shape index (κ3) is 13.0. The minimum absolute atomic E-state index is 0. The summed E-state index contributed by atoms with van der Waals surface area (Å²) in [6, 6.07) is 27.0. The van der Waals surface area contributed by atoms with Crippen LogP contribution in [0.3, 0.4) is 0 Å². The van der Waals surface area contributed by atoms with Gasteiger partial charge in [-0.2, -0.15) is 26.3 Å². The van der Waals surface area contributed by atoms with Gasteiger partial charge in [0.15, 0.2) is 0 Å². The van der Waals surface area contributed by atoms with Crippen LogP contribution in [-0.2, 0) is 12.4 Å². The van der Waals surface area contributed by atoms with Gasteiger partial charge >= 0.3 is 12.4 Å². The van der Waals surface area contributed by atoms with Crippen molar-refractivity contribution in [3.63, 3.8) is 0 Å². The SMILES string of the molecule is Cl.Clc1ccc(N2CCCC23CCNCC3)cc1.FC(F)(F)c1ccccc1OCCBr.FC(F)(F)c1ccccc1OCCN1CCC2(CCCN2c2ccc(Cl)cc2)CC1. The van der Waals surface area contributed by atoms with Crippen LogP contribution in [0.5, 0.6) is 11.5 Å². The van der Waals surface area contributed by atoms with Crippen molar-refractivity contribution in [3.8, 4) is 11.5 Å². The first-order chi connectivity index (χ1) is 29.2. The van der Waals surface area contributed by atoms with E-state index < -0.39 is 23.5 Å². The maximum atomic E-state index is 13.1. The maximum absolute atomic E-state index is 13.1. The van der Waals surface area contributed by atoms with Gasteiger partial charge in [-0.3, -0.25) is 4.90 Å². The van der Waals surface area contributed by atoms with Crippen molar-refractivity contribution in [1.29, 1.82) is 0 Å². The number of para-hydroxylation sites is 2. The van der Waals surface area contributed by atoms with E-state index in [1.807, 2.05) is 24.3 Å². The number of alkyl halides is 7. The molecule has 62 heavy (non-hydrogen) atoms. The topological polar surface area (TPSA) is 40.2 Å². The van der Waals surface area contributed by atoms with Gasteiger partial charge in [0.2, 0.25) is 0 Å². The second-order valence-electron chi connectivity index (χ2n) is 15.9. The van der Waals surface area contributed by atoms with E-state index in [0.717, 1.165) is 67.7 Å². The van der Waals surface area contributed by atoms with Crippen LogP contribution in [0.4, 0.5) is 37.7 Å². The van der Waals surface area contributed by atoms with Gasteiger partial charge in [-0.15, -0.1) is 12.4 Å². The monoisotopic (exact) mass is 992 g/mol. The van der Waals surface area contributed by atoms with E-state index in [2.05, 4.69) is 60.2 Å². The number of nitrogens with one attached hydrogen (secondary N) is 1. The molecule has 0 aromatic heterocycles. The number of benzene rings is 4. The molecule has 2 spiro atoms. The molecule has 4 heterocycles. The zero-order valence-electron chi connectivity index (χ0n) is 34.4. The van der Waals surface area contributed by atoms with Gasteiger partial charge in [-0.05, 0) is 137 Å². The second kappa shape index (κ2) is 22.7. The summed E-state index contributed by atoms with van der Waals surface area (Å²) >= 11 is 15.1. The summed E-state index contributed by atoms with van der Waals surface area (Å²) in [4.78, 5) is 7.43. The van der Waals surface area contributed by atoms with Crippen LogP contribution in [0.2, 0.25) is 10.0 Å². The quantitative estimate of drug-likeness (QED) is 0.133. The highest BCUT2D eigenvalue weighted by Gasteiger charge is 2.44. The molecule has 4 aromatic carbocycles. The molecule has 0 atom stereocenters. The van der Waals surface area contributed by atoms with Crippen LogP contribution in [0.1, 0.15) is 62.5 Å². The first kappa shape index (κ1) is 49.9. The van der Waals surface area contributed by atoms with Crippen molar-refractivity contribution in [1.82, 2.24) is 10.2 Å². The van der Waals surface area contributed by atoms with Gasteiger partial charge in [0.1, 0.15) is 18.1 Å². The predicted octanol–water partition coefficient (Wildman–Crippen LogP) is 12.8. The van der Waals surface area contributed by atoms with Gasteiger partial charge in [0.05, 0.1) is 17.7 Å². The van der Waals surface area contributed by atoms with E-state index >= 15 is 0 Å². The van der Waals surface area contributed by atoms with Crippen molar-refractivity contribution in [2.24, 2.45) is 0 Å². The number of rotatable bonds is 9. The predicted molar refractivity (Wildman–Crippen MR) is 244 cm³/mol. The Bertz CT molecular complexity index is 1960. The van der Waals surface area contributed by atoms with Gasteiger partial charge in [0, 0.05) is 70.6 Å². The third-order valence-corrected chi connectivity index (χ3v) is 13.0. The van der Waals surface area contributed by atoms with Crippen molar-refractivity contribution >= 4 is 62.9 Å². The van der Waals surface area contributed by atoms with E-state index in [9.17, 15) is 26.3 Å². The highest BCUT2D eigenvalue weighted by atomic mass is 79.9. The molecule has 4 aromatic rings. The van der Waals surface area contributed by atoms with Crippen LogP contribution in [0.25, 0.3) is 0 Å². The molecule has 0 unspecified atom stereocenters. The molecule has 4 saturated heterocycles. The summed E-state index contributed by atoms with van der Waals surface area (Å²) in [7, 11) is 0. The van der Waals surface area contributed by atoms with Gasteiger partial charge < -0.3 is 24.6 Å². The number of anilines is 2. The average molecular weight is 995 g/mol. The van der Waals surface area contributed by atoms with Crippen LogP contribution < -0.4 is 24.6 Å². The summed E-state index contributed by atoms with van der Waals surface area (Å²) in [5.41, 5.74) is 1.70. The molecular weight excluding hydrogens is 941 g/mol. The first-order valence-electron chi connectivity index (χ1n) is 20.9. The summed E-state index contributed by atoms with van der Waals surface area (Å²) in [5.74, 6) is -0.220. The molecule has 4 aliphatic heterocycles. The average Bonchev–Trinajstić information content (AvgIpc) is 3.85. The summed E-state index contributed by atoms with van der Waals surface area (Å²) in [6.07, 6.45) is 0.915. The van der Waals surface area contributed by atoms with Crippen molar-refractivity contribution < 1.29 is 35.8 Å². The highest BCUT2D eigenvalue weighted by Crippen LogP contribution is 2.43. The normalized spacial score (nSPS) is 18.3. The molecule has 0 radical (unpaired) electrons. The molecule has 4 fully saturated rings. The molecular formula is C46H54BrCl3F6N4O2. The third-order valence-electron chi connectivity index (χ3n) is 12.2. The molecule has 0 aliphatic carbocycles. The molecule has 8 rings (SSSR count). The minimum atomic E-state index is -4.40. The molecule has 0 saturated carbocycles. The van der Waals surface area contributed by atoms with Gasteiger partial charge in [-0.1, -0.05) is 63.4 Å². The van der Waals surface area contributed by atoms with Gasteiger partial charge in [-0.25, -0.2) is 0 Å². The van der Waals surface area contributed by atoms with Gasteiger partial charge in [0.25, 0.3) is 0 Å². The molecule has 1 N–H and O–H groups in total. The fourth-order valence-corrected chi connectivity index (χ4v) is 9.55. The smallest absolute Gasteiger partial charge is 0.419 e. The van der Waals surface area contributed by atoms with Crippen molar-refractivity contribution in [2.45, 2.75) is 74.8 Å². The number of halogens is 10. The fraction of sp³-hybridized carbons (Fsp3) is 0.478.